The lowest BCUT2D eigenvalue weighted by atomic mass is 10.1. The quantitative estimate of drug-likeness (QED) is 0.246. The zero-order valence-corrected chi connectivity index (χ0v) is 16.8. The van der Waals surface area contributed by atoms with Gasteiger partial charge in [0, 0.05) is 19.4 Å². The van der Waals surface area contributed by atoms with Crippen LogP contribution in [-0.2, 0) is 9.47 Å². The van der Waals surface area contributed by atoms with E-state index in [9.17, 15) is 15.3 Å². The minimum Gasteiger partial charge on any atom is -0.394 e. The van der Waals surface area contributed by atoms with Crippen molar-refractivity contribution in [2.45, 2.75) is 49.5 Å². The lowest BCUT2D eigenvalue weighted by molar-refractivity contribution is -0.0511. The average molecular weight is 414 g/mol. The van der Waals surface area contributed by atoms with Gasteiger partial charge in [0.05, 0.1) is 19.5 Å². The number of thioether (sulfide) groups is 1. The molecule has 0 saturated carbocycles. The number of nitrogens with one attached hydrogen (secondary N) is 1. The predicted octanol–water partition coefficient (Wildman–Crippen LogP) is 0.388. The number of hydrogen-bond acceptors (Lipinski definition) is 10. The van der Waals surface area contributed by atoms with Crippen molar-refractivity contribution in [3.05, 3.63) is 6.33 Å². The third-order valence-corrected chi connectivity index (χ3v) is 5.45. The first-order chi connectivity index (χ1) is 13.6. The number of unbranched alkanes of at least 4 members (excludes halogenated alkanes) is 1. The first-order valence-electron chi connectivity index (χ1n) is 9.33. The third kappa shape index (κ3) is 4.39. The van der Waals surface area contributed by atoms with E-state index in [1.807, 2.05) is 0 Å². The largest absolute Gasteiger partial charge is 0.394 e. The molecule has 4 atom stereocenters. The van der Waals surface area contributed by atoms with E-state index < -0.39 is 31.1 Å². The Hall–Kier alpha value is -1.50. The molecule has 1 saturated heterocycles. The molecule has 11 heteroatoms. The number of anilines is 1. The van der Waals surface area contributed by atoms with Crippen LogP contribution >= 0.6 is 11.8 Å². The van der Waals surface area contributed by atoms with Crippen molar-refractivity contribution in [1.29, 1.82) is 0 Å². The van der Waals surface area contributed by atoms with E-state index in [0.717, 1.165) is 18.6 Å². The van der Waals surface area contributed by atoms with Crippen LogP contribution in [0.4, 0.5) is 5.82 Å². The van der Waals surface area contributed by atoms with Gasteiger partial charge >= 0.3 is 0 Å². The number of aliphatic hydroxyl groups is 3. The molecular formula is C17H27N5O5S. The summed E-state index contributed by atoms with van der Waals surface area (Å²) < 4.78 is 12.3. The number of nitrogens with zero attached hydrogens (tertiary/aromatic N) is 4. The molecule has 0 unspecified atom stereocenters. The summed E-state index contributed by atoms with van der Waals surface area (Å²) in [6.07, 6.45) is -0.523. The van der Waals surface area contributed by atoms with Gasteiger partial charge in [-0.3, -0.25) is 4.57 Å². The number of imidazole rings is 1. The fraction of sp³-hybridized carbons (Fsp3) is 0.706. The van der Waals surface area contributed by atoms with Gasteiger partial charge in [-0.15, -0.1) is 0 Å². The lowest BCUT2D eigenvalue weighted by Gasteiger charge is -2.17. The van der Waals surface area contributed by atoms with Crippen LogP contribution in [0.15, 0.2) is 11.5 Å². The number of ether oxygens (including phenoxy) is 2. The van der Waals surface area contributed by atoms with Gasteiger partial charge < -0.3 is 30.1 Å². The molecule has 1 aliphatic heterocycles. The summed E-state index contributed by atoms with van der Waals surface area (Å²) in [7, 11) is 1.62. The maximum Gasteiger partial charge on any atom is 0.191 e. The number of aromatic nitrogens is 4. The molecule has 1 aliphatic rings. The summed E-state index contributed by atoms with van der Waals surface area (Å²) in [6, 6.07) is 0. The smallest absolute Gasteiger partial charge is 0.191 e. The molecule has 1 fully saturated rings. The fourth-order valence-electron chi connectivity index (χ4n) is 2.96. The van der Waals surface area contributed by atoms with E-state index in [-0.39, 0.29) is 0 Å². The van der Waals surface area contributed by atoms with Crippen molar-refractivity contribution in [1.82, 2.24) is 19.5 Å². The highest BCUT2D eigenvalue weighted by Crippen LogP contribution is 2.33. The maximum absolute atomic E-state index is 10.4. The highest BCUT2D eigenvalue weighted by molar-refractivity contribution is 7.99. The van der Waals surface area contributed by atoms with Crippen molar-refractivity contribution in [3.8, 4) is 0 Å². The number of fused-ring (bicyclic) bond motifs is 1. The van der Waals surface area contributed by atoms with Gasteiger partial charge in [-0.05, 0) is 6.42 Å². The average Bonchev–Trinajstić information content (AvgIpc) is 3.23. The van der Waals surface area contributed by atoms with Gasteiger partial charge in [-0.25, -0.2) is 15.0 Å². The highest BCUT2D eigenvalue weighted by Gasteiger charge is 2.44. The Morgan fingerprint density at radius 1 is 1.32 bits per heavy atom. The van der Waals surface area contributed by atoms with Crippen LogP contribution in [0, 0.1) is 0 Å². The van der Waals surface area contributed by atoms with Crippen LogP contribution in [0.1, 0.15) is 26.0 Å². The summed E-state index contributed by atoms with van der Waals surface area (Å²) in [6.45, 7) is 2.80. The minimum atomic E-state index is -1.20. The van der Waals surface area contributed by atoms with Crippen molar-refractivity contribution >= 4 is 28.7 Å². The summed E-state index contributed by atoms with van der Waals surface area (Å²) >= 11 is 1.55. The second-order valence-corrected chi connectivity index (χ2v) is 7.59. The maximum atomic E-state index is 10.4. The van der Waals surface area contributed by atoms with Crippen molar-refractivity contribution in [2.75, 3.05) is 37.9 Å². The Balaban J connectivity index is 1.95. The summed E-state index contributed by atoms with van der Waals surface area (Å²) in [5.41, 5.74) is 1.03. The van der Waals surface area contributed by atoms with E-state index in [0.29, 0.717) is 35.3 Å². The van der Waals surface area contributed by atoms with Crippen molar-refractivity contribution < 1.29 is 24.8 Å². The molecule has 0 spiro atoms. The summed E-state index contributed by atoms with van der Waals surface area (Å²) in [5.74, 6) is 1.47. The Kier molecular flexibility index (Phi) is 7.43. The lowest BCUT2D eigenvalue weighted by Crippen LogP contribution is -2.33. The Labute approximate surface area is 167 Å². The monoisotopic (exact) mass is 413 g/mol. The van der Waals surface area contributed by atoms with Crippen molar-refractivity contribution in [2.24, 2.45) is 0 Å². The molecule has 3 rings (SSSR count). The van der Waals surface area contributed by atoms with E-state index in [2.05, 4.69) is 27.2 Å². The van der Waals surface area contributed by atoms with E-state index >= 15 is 0 Å². The molecule has 2 aromatic rings. The number of hydrogen-bond donors (Lipinski definition) is 4. The molecular weight excluding hydrogens is 386 g/mol. The SMILES string of the molecule is CCCCSc1nc(NCCOC)c2ncn([C@@H]3O[C@H](CO)[C@@H](O)[C@H]3O)c2n1. The van der Waals surface area contributed by atoms with Crippen LogP contribution in [-0.4, -0.2) is 85.8 Å². The number of rotatable bonds is 10. The third-order valence-electron chi connectivity index (χ3n) is 4.52. The molecule has 10 nitrogen and oxygen atoms in total. The van der Waals surface area contributed by atoms with Gasteiger partial charge in [-0.1, -0.05) is 25.1 Å². The van der Waals surface area contributed by atoms with E-state index in [1.165, 1.54) is 6.33 Å². The molecule has 28 heavy (non-hydrogen) atoms. The highest BCUT2D eigenvalue weighted by atomic mass is 32.2. The molecule has 4 N–H and O–H groups in total. The van der Waals surface area contributed by atoms with Crippen LogP contribution in [0.5, 0.6) is 0 Å². The molecule has 0 aromatic carbocycles. The normalized spacial score (nSPS) is 24.9. The molecule has 2 aromatic heterocycles. The summed E-state index contributed by atoms with van der Waals surface area (Å²) in [4.78, 5) is 13.5. The number of methoxy groups -OCH3 is 1. The first-order valence-corrected chi connectivity index (χ1v) is 10.3. The second-order valence-electron chi connectivity index (χ2n) is 6.53. The molecule has 0 bridgehead atoms. The van der Waals surface area contributed by atoms with Gasteiger partial charge in [-0.2, -0.15) is 0 Å². The summed E-state index contributed by atoms with van der Waals surface area (Å²) in [5, 5.41) is 33.6. The molecule has 0 amide bonds. The minimum absolute atomic E-state index is 0.391. The van der Waals surface area contributed by atoms with Gasteiger partial charge in [0.2, 0.25) is 0 Å². The first kappa shape index (κ1) is 21.2. The Bertz CT molecular complexity index is 776. The Morgan fingerprint density at radius 2 is 2.14 bits per heavy atom. The standard InChI is InChI=1S/C17H27N5O5S/c1-3-4-7-28-17-20-14(18-5-6-26-2)11-15(21-17)22(9-19-11)16-13(25)12(24)10(8-23)27-16/h9-10,12-13,16,23-25H,3-8H2,1-2H3,(H,18,20,21)/t10-,12-,13-,16-/m1/s1. The van der Waals surface area contributed by atoms with Crippen LogP contribution < -0.4 is 5.32 Å². The zero-order valence-electron chi connectivity index (χ0n) is 16.0. The Morgan fingerprint density at radius 3 is 2.82 bits per heavy atom. The topological polar surface area (TPSA) is 135 Å². The van der Waals surface area contributed by atoms with E-state index in [1.54, 1.807) is 23.4 Å². The van der Waals surface area contributed by atoms with Crippen molar-refractivity contribution in [3.63, 3.8) is 0 Å². The van der Waals surface area contributed by atoms with Gasteiger partial charge in [0.1, 0.15) is 18.3 Å². The van der Waals surface area contributed by atoms with Gasteiger partial charge in [0.15, 0.2) is 28.4 Å². The second kappa shape index (κ2) is 9.81. The van der Waals surface area contributed by atoms with Crippen LogP contribution in [0.25, 0.3) is 11.2 Å². The zero-order chi connectivity index (χ0) is 20.1. The molecule has 3 heterocycles. The molecule has 0 aliphatic carbocycles. The molecule has 156 valence electrons. The number of aliphatic hydroxyl groups excluding tert-OH is 3. The fourth-order valence-corrected chi connectivity index (χ4v) is 3.88. The van der Waals surface area contributed by atoms with E-state index in [4.69, 9.17) is 9.47 Å². The van der Waals surface area contributed by atoms with Crippen LogP contribution in [0.3, 0.4) is 0 Å². The van der Waals surface area contributed by atoms with Gasteiger partial charge in [0.25, 0.3) is 0 Å². The molecule has 0 radical (unpaired) electrons. The predicted molar refractivity (Wildman–Crippen MR) is 104 cm³/mol. The van der Waals surface area contributed by atoms with Crippen LogP contribution in [0.2, 0.25) is 0 Å².